The summed E-state index contributed by atoms with van der Waals surface area (Å²) in [4.78, 5) is 48.1. The van der Waals surface area contributed by atoms with E-state index >= 15 is 0 Å². The van der Waals surface area contributed by atoms with Crippen LogP contribution in [0, 0.1) is 11.8 Å². The molecule has 1 aromatic heterocycles. The number of aromatic nitrogens is 1. The molecule has 0 radical (unpaired) electrons. The van der Waals surface area contributed by atoms with Crippen molar-refractivity contribution in [2.24, 2.45) is 11.8 Å². The third kappa shape index (κ3) is 4.69. The van der Waals surface area contributed by atoms with E-state index in [-0.39, 0.29) is 23.8 Å². The number of nitrogens with one attached hydrogen (secondary N) is 2. The van der Waals surface area contributed by atoms with Gasteiger partial charge < -0.3 is 20.1 Å². The Kier molecular flexibility index (Phi) is 6.98. The average molecular weight is 468 g/mol. The first-order valence-corrected chi connectivity index (χ1v) is 12.4. The summed E-state index contributed by atoms with van der Waals surface area (Å²) in [6.07, 6.45) is 2.88. The van der Waals surface area contributed by atoms with Crippen molar-refractivity contribution in [2.75, 3.05) is 40.3 Å². The SMILES string of the molecule is CC(C)CC[C@@]1(C2CCN(C(=O)c3cc4ccccc4[nH]3)CC2)NC(=O)N(CCN(C)C)C1=O. The fourth-order valence-electron chi connectivity index (χ4n) is 5.25. The summed E-state index contributed by atoms with van der Waals surface area (Å²) in [6.45, 7) is 6.45. The van der Waals surface area contributed by atoms with Crippen LogP contribution in [0.4, 0.5) is 4.79 Å². The Bertz CT molecular complexity index is 1020. The van der Waals surface area contributed by atoms with E-state index in [4.69, 9.17) is 0 Å². The number of para-hydroxylation sites is 1. The van der Waals surface area contributed by atoms with Crippen LogP contribution in [0.25, 0.3) is 10.9 Å². The molecule has 1 atom stereocenters. The van der Waals surface area contributed by atoms with E-state index in [1.807, 2.05) is 54.2 Å². The van der Waals surface area contributed by atoms with E-state index in [0.29, 0.717) is 57.1 Å². The van der Waals surface area contributed by atoms with Gasteiger partial charge in [-0.2, -0.15) is 0 Å². The summed E-state index contributed by atoms with van der Waals surface area (Å²) in [5.41, 5.74) is 0.670. The molecule has 184 valence electrons. The van der Waals surface area contributed by atoms with Crippen LogP contribution in [0.15, 0.2) is 30.3 Å². The van der Waals surface area contributed by atoms with E-state index in [1.54, 1.807) is 0 Å². The molecule has 1 aromatic carbocycles. The second-order valence-electron chi connectivity index (χ2n) is 10.4. The van der Waals surface area contributed by atoms with Crippen LogP contribution in [0.1, 0.15) is 50.0 Å². The molecule has 2 fully saturated rings. The zero-order valence-electron chi connectivity index (χ0n) is 20.8. The van der Waals surface area contributed by atoms with E-state index in [0.717, 1.165) is 17.3 Å². The quantitative estimate of drug-likeness (QED) is 0.583. The Morgan fingerprint density at radius 2 is 1.88 bits per heavy atom. The number of likely N-dealkylation sites (N-methyl/N-ethyl adjacent to an activating group) is 1. The number of likely N-dealkylation sites (tertiary alicyclic amines) is 1. The van der Waals surface area contributed by atoms with Crippen molar-refractivity contribution >= 4 is 28.7 Å². The smallest absolute Gasteiger partial charge is 0.325 e. The van der Waals surface area contributed by atoms with Gasteiger partial charge >= 0.3 is 6.03 Å². The number of hydrogen-bond acceptors (Lipinski definition) is 4. The third-order valence-electron chi connectivity index (χ3n) is 7.33. The van der Waals surface area contributed by atoms with Gasteiger partial charge in [0.15, 0.2) is 0 Å². The van der Waals surface area contributed by atoms with Crippen LogP contribution < -0.4 is 5.32 Å². The normalized spacial score (nSPS) is 21.8. The van der Waals surface area contributed by atoms with Crippen LogP contribution >= 0.6 is 0 Å². The van der Waals surface area contributed by atoms with E-state index in [2.05, 4.69) is 24.1 Å². The van der Waals surface area contributed by atoms with Crippen molar-refractivity contribution in [3.05, 3.63) is 36.0 Å². The number of hydrogen-bond donors (Lipinski definition) is 2. The molecule has 2 aromatic rings. The largest absolute Gasteiger partial charge is 0.351 e. The Morgan fingerprint density at radius 3 is 2.53 bits per heavy atom. The second kappa shape index (κ2) is 9.78. The second-order valence-corrected chi connectivity index (χ2v) is 10.4. The molecule has 0 unspecified atom stereocenters. The first-order valence-electron chi connectivity index (χ1n) is 12.4. The molecule has 0 saturated carbocycles. The van der Waals surface area contributed by atoms with Crippen molar-refractivity contribution in [3.63, 3.8) is 0 Å². The first kappa shape index (κ1) is 24.3. The van der Waals surface area contributed by atoms with Gasteiger partial charge in [-0.05, 0) is 63.7 Å². The van der Waals surface area contributed by atoms with Gasteiger partial charge in [0.2, 0.25) is 0 Å². The Balaban J connectivity index is 1.48. The highest BCUT2D eigenvalue weighted by atomic mass is 16.2. The Morgan fingerprint density at radius 1 is 1.18 bits per heavy atom. The van der Waals surface area contributed by atoms with Crippen LogP contribution in [-0.4, -0.2) is 83.3 Å². The van der Waals surface area contributed by atoms with Gasteiger partial charge in [0.25, 0.3) is 11.8 Å². The minimum Gasteiger partial charge on any atom is -0.351 e. The number of amides is 4. The molecule has 0 spiro atoms. The molecule has 2 aliphatic rings. The van der Waals surface area contributed by atoms with Crippen molar-refractivity contribution < 1.29 is 14.4 Å². The average Bonchev–Trinajstić information content (AvgIpc) is 3.35. The lowest BCUT2D eigenvalue weighted by Gasteiger charge is -2.41. The van der Waals surface area contributed by atoms with Crippen molar-refractivity contribution in [3.8, 4) is 0 Å². The molecule has 2 saturated heterocycles. The number of urea groups is 1. The fourth-order valence-corrected chi connectivity index (χ4v) is 5.25. The molecule has 4 rings (SSSR count). The van der Waals surface area contributed by atoms with Gasteiger partial charge in [0, 0.05) is 37.1 Å². The number of aromatic amines is 1. The summed E-state index contributed by atoms with van der Waals surface area (Å²) in [7, 11) is 3.87. The molecule has 4 amide bonds. The number of piperidine rings is 1. The third-order valence-corrected chi connectivity index (χ3v) is 7.33. The molecule has 3 heterocycles. The molecule has 2 N–H and O–H groups in total. The number of fused-ring (bicyclic) bond motifs is 1. The first-order chi connectivity index (χ1) is 16.2. The fraction of sp³-hybridized carbons (Fsp3) is 0.577. The number of imide groups is 1. The van der Waals surface area contributed by atoms with Gasteiger partial charge in [-0.3, -0.25) is 14.5 Å². The van der Waals surface area contributed by atoms with Crippen molar-refractivity contribution in [1.29, 1.82) is 0 Å². The van der Waals surface area contributed by atoms with Crippen LogP contribution in [0.2, 0.25) is 0 Å². The van der Waals surface area contributed by atoms with Crippen molar-refractivity contribution in [1.82, 2.24) is 25.0 Å². The van der Waals surface area contributed by atoms with Crippen LogP contribution in [0.3, 0.4) is 0 Å². The number of carbonyl (C=O) groups excluding carboxylic acids is 3. The Hall–Kier alpha value is -2.87. The highest BCUT2D eigenvalue weighted by Crippen LogP contribution is 2.38. The lowest BCUT2D eigenvalue weighted by molar-refractivity contribution is -0.134. The maximum atomic E-state index is 13.6. The molecule has 0 aliphatic carbocycles. The summed E-state index contributed by atoms with van der Waals surface area (Å²) < 4.78 is 0. The lowest BCUT2D eigenvalue weighted by atomic mass is 9.74. The molecule has 8 nitrogen and oxygen atoms in total. The highest BCUT2D eigenvalue weighted by Gasteiger charge is 2.55. The van der Waals surface area contributed by atoms with Gasteiger partial charge in [-0.25, -0.2) is 4.79 Å². The predicted octanol–water partition coefficient (Wildman–Crippen LogP) is 3.31. The molecule has 2 aliphatic heterocycles. The lowest BCUT2D eigenvalue weighted by Crippen LogP contribution is -2.56. The minimum absolute atomic E-state index is 0.0128. The van der Waals surface area contributed by atoms with E-state index in [9.17, 15) is 14.4 Å². The zero-order valence-corrected chi connectivity index (χ0v) is 20.8. The standard InChI is InChI=1S/C26H37N5O3/c1-18(2)9-12-26(24(33)31(25(34)28-26)16-15-29(3)4)20-10-13-30(14-11-20)23(32)22-17-19-7-5-6-8-21(19)27-22/h5-8,17-18,20,27H,9-16H2,1-4H3,(H,28,34)/t26-/m0/s1. The van der Waals surface area contributed by atoms with Gasteiger partial charge in [0.1, 0.15) is 11.2 Å². The predicted molar refractivity (Wildman–Crippen MR) is 133 cm³/mol. The molecular weight excluding hydrogens is 430 g/mol. The van der Waals surface area contributed by atoms with Gasteiger partial charge in [-0.1, -0.05) is 32.0 Å². The topological polar surface area (TPSA) is 88.8 Å². The maximum Gasteiger partial charge on any atom is 0.325 e. The molecule has 8 heteroatoms. The summed E-state index contributed by atoms with van der Waals surface area (Å²) in [5.74, 6) is 0.334. The van der Waals surface area contributed by atoms with Gasteiger partial charge in [0.05, 0.1) is 0 Å². The molecule has 34 heavy (non-hydrogen) atoms. The minimum atomic E-state index is -0.871. The summed E-state index contributed by atoms with van der Waals surface area (Å²) >= 11 is 0. The monoisotopic (exact) mass is 467 g/mol. The van der Waals surface area contributed by atoms with Crippen LogP contribution in [-0.2, 0) is 4.79 Å². The summed E-state index contributed by atoms with van der Waals surface area (Å²) in [5, 5.41) is 4.14. The van der Waals surface area contributed by atoms with Crippen molar-refractivity contribution in [2.45, 2.75) is 45.1 Å². The molecular formula is C26H37N5O3. The molecule has 0 bridgehead atoms. The number of H-pyrrole nitrogens is 1. The van der Waals surface area contributed by atoms with Crippen LogP contribution in [0.5, 0.6) is 0 Å². The number of carbonyl (C=O) groups is 3. The maximum absolute atomic E-state index is 13.6. The van der Waals surface area contributed by atoms with E-state index in [1.165, 1.54) is 4.90 Å². The zero-order chi connectivity index (χ0) is 24.5. The number of nitrogens with zero attached hydrogens (tertiary/aromatic N) is 3. The Labute approximate surface area is 201 Å². The number of benzene rings is 1. The number of rotatable bonds is 8. The van der Waals surface area contributed by atoms with E-state index < -0.39 is 5.54 Å². The van der Waals surface area contributed by atoms with Gasteiger partial charge in [-0.15, -0.1) is 0 Å². The summed E-state index contributed by atoms with van der Waals surface area (Å²) in [6, 6.07) is 9.48. The highest BCUT2D eigenvalue weighted by molar-refractivity contribution is 6.07.